The van der Waals surface area contributed by atoms with Crippen LogP contribution in [-0.2, 0) is 35.1 Å². The lowest BCUT2D eigenvalue weighted by Crippen LogP contribution is -2.13. The van der Waals surface area contributed by atoms with Crippen LogP contribution in [0.15, 0.2) is 72.8 Å². The molecule has 0 N–H and O–H groups in total. The minimum atomic E-state index is -0.660. The Morgan fingerprint density at radius 3 is 2.18 bits per heavy atom. The second-order valence-electron chi connectivity index (χ2n) is 8.30. The summed E-state index contributed by atoms with van der Waals surface area (Å²) >= 11 is 0. The van der Waals surface area contributed by atoms with Gasteiger partial charge in [0.2, 0.25) is 0 Å². The Bertz CT molecular complexity index is 1240. The van der Waals surface area contributed by atoms with Crippen molar-refractivity contribution in [1.29, 1.82) is 0 Å². The molecule has 0 amide bonds. The second-order valence-corrected chi connectivity index (χ2v) is 8.30. The predicted molar refractivity (Wildman–Crippen MR) is 144 cm³/mol. The highest BCUT2D eigenvalue weighted by atomic mass is 16.5. The standard InChI is InChI=1S/C30H32O9/c1-6-22-19-26(39-29(33)20(2)3)10-8-23(22)9-15-27(31)38-25-13-11-24(12-14-25)36-16-7-17-37-30(34)21(4)18-28(32)35-5/h8-15,19H,2,4,6-7,16-18H2,1,3,5H3/b15-9+. The maximum atomic E-state index is 12.3. The van der Waals surface area contributed by atoms with Crippen LogP contribution in [0.25, 0.3) is 6.08 Å². The van der Waals surface area contributed by atoms with E-state index in [-0.39, 0.29) is 25.2 Å². The van der Waals surface area contributed by atoms with Crippen molar-refractivity contribution >= 4 is 30.0 Å². The van der Waals surface area contributed by atoms with E-state index in [1.807, 2.05) is 6.92 Å². The third-order valence-electron chi connectivity index (χ3n) is 5.16. The van der Waals surface area contributed by atoms with Crippen molar-refractivity contribution in [3.05, 3.63) is 84.0 Å². The first-order chi connectivity index (χ1) is 18.6. The second kappa shape index (κ2) is 15.6. The molecule has 0 bridgehead atoms. The Morgan fingerprint density at radius 2 is 1.54 bits per heavy atom. The number of hydrogen-bond donors (Lipinski definition) is 0. The summed E-state index contributed by atoms with van der Waals surface area (Å²) in [5.41, 5.74) is 2.02. The van der Waals surface area contributed by atoms with Crippen LogP contribution < -0.4 is 14.2 Å². The molecule has 39 heavy (non-hydrogen) atoms. The lowest BCUT2D eigenvalue weighted by Gasteiger charge is -2.09. The monoisotopic (exact) mass is 536 g/mol. The van der Waals surface area contributed by atoms with E-state index in [0.29, 0.717) is 35.7 Å². The van der Waals surface area contributed by atoms with Crippen LogP contribution in [0.4, 0.5) is 0 Å². The number of hydrogen-bond acceptors (Lipinski definition) is 9. The molecule has 2 rings (SSSR count). The number of carbonyl (C=O) groups is 4. The lowest BCUT2D eigenvalue weighted by molar-refractivity contribution is -0.144. The Labute approximate surface area is 227 Å². The summed E-state index contributed by atoms with van der Waals surface area (Å²) in [7, 11) is 1.23. The molecule has 0 aliphatic carbocycles. The molecule has 0 radical (unpaired) electrons. The maximum Gasteiger partial charge on any atom is 0.338 e. The molecule has 0 saturated heterocycles. The number of ether oxygens (including phenoxy) is 5. The molecule has 0 unspecified atom stereocenters. The number of methoxy groups -OCH3 is 1. The van der Waals surface area contributed by atoms with Gasteiger partial charge in [-0.2, -0.15) is 0 Å². The van der Waals surface area contributed by atoms with Crippen molar-refractivity contribution in [1.82, 2.24) is 0 Å². The first-order valence-corrected chi connectivity index (χ1v) is 12.2. The summed E-state index contributed by atoms with van der Waals surface area (Å²) in [6.45, 7) is 11.0. The van der Waals surface area contributed by atoms with Gasteiger partial charge < -0.3 is 23.7 Å². The summed E-state index contributed by atoms with van der Waals surface area (Å²) in [6, 6.07) is 11.6. The molecule has 0 aromatic heterocycles. The lowest BCUT2D eigenvalue weighted by atomic mass is 10.0. The first-order valence-electron chi connectivity index (χ1n) is 12.2. The molecular formula is C30H32O9. The van der Waals surface area contributed by atoms with E-state index < -0.39 is 23.9 Å². The van der Waals surface area contributed by atoms with E-state index >= 15 is 0 Å². The smallest absolute Gasteiger partial charge is 0.338 e. The van der Waals surface area contributed by atoms with Crippen LogP contribution in [0.3, 0.4) is 0 Å². The van der Waals surface area contributed by atoms with E-state index in [0.717, 1.165) is 11.1 Å². The highest BCUT2D eigenvalue weighted by Crippen LogP contribution is 2.22. The zero-order chi connectivity index (χ0) is 28.8. The summed E-state index contributed by atoms with van der Waals surface area (Å²) < 4.78 is 25.7. The van der Waals surface area contributed by atoms with Gasteiger partial charge in [0, 0.05) is 23.6 Å². The first kappa shape index (κ1) is 30.6. The Kier molecular flexibility index (Phi) is 12.2. The van der Waals surface area contributed by atoms with Crippen molar-refractivity contribution in [2.45, 2.75) is 33.1 Å². The highest BCUT2D eigenvalue weighted by molar-refractivity contribution is 5.93. The summed E-state index contributed by atoms with van der Waals surface area (Å²) in [6.07, 6.45) is 3.83. The van der Waals surface area contributed by atoms with Gasteiger partial charge in [0.15, 0.2) is 0 Å². The van der Waals surface area contributed by atoms with Crippen LogP contribution in [0.5, 0.6) is 17.2 Å². The Balaban J connectivity index is 1.79. The Hall–Kier alpha value is -4.66. The minimum absolute atomic E-state index is 0.0214. The van der Waals surface area contributed by atoms with Gasteiger partial charge in [-0.05, 0) is 66.9 Å². The molecular weight excluding hydrogens is 504 g/mol. The average molecular weight is 537 g/mol. The minimum Gasteiger partial charge on any atom is -0.493 e. The highest BCUT2D eigenvalue weighted by Gasteiger charge is 2.13. The molecule has 0 saturated carbocycles. The van der Waals surface area contributed by atoms with Gasteiger partial charge in [-0.15, -0.1) is 0 Å². The van der Waals surface area contributed by atoms with Crippen molar-refractivity contribution in [2.75, 3.05) is 20.3 Å². The van der Waals surface area contributed by atoms with E-state index in [1.54, 1.807) is 55.5 Å². The molecule has 2 aromatic rings. The van der Waals surface area contributed by atoms with Crippen molar-refractivity contribution in [2.24, 2.45) is 0 Å². The van der Waals surface area contributed by atoms with Crippen LogP contribution in [-0.4, -0.2) is 44.2 Å². The molecule has 0 heterocycles. The van der Waals surface area contributed by atoms with Crippen molar-refractivity contribution in [3.63, 3.8) is 0 Å². The predicted octanol–water partition coefficient (Wildman–Crippen LogP) is 4.78. The molecule has 0 aliphatic heterocycles. The number of esters is 4. The Morgan fingerprint density at radius 1 is 0.872 bits per heavy atom. The zero-order valence-electron chi connectivity index (χ0n) is 22.3. The number of rotatable bonds is 14. The SMILES string of the molecule is C=C(C)C(=O)Oc1ccc(/C=C/C(=O)Oc2ccc(OCCCOC(=O)C(=C)CC(=O)OC)cc2)c(CC)c1. The topological polar surface area (TPSA) is 114 Å². The fraction of sp³-hybridized carbons (Fsp3) is 0.267. The summed E-state index contributed by atoms with van der Waals surface area (Å²) in [5.74, 6) is -0.983. The summed E-state index contributed by atoms with van der Waals surface area (Å²) in [4.78, 5) is 46.9. The largest absolute Gasteiger partial charge is 0.493 e. The molecule has 0 aliphatic rings. The average Bonchev–Trinajstić information content (AvgIpc) is 2.92. The fourth-order valence-electron chi connectivity index (χ4n) is 3.05. The van der Waals surface area contributed by atoms with Gasteiger partial charge >= 0.3 is 23.9 Å². The van der Waals surface area contributed by atoms with Crippen molar-refractivity contribution < 1.29 is 42.9 Å². The van der Waals surface area contributed by atoms with Gasteiger partial charge in [-0.3, -0.25) is 4.79 Å². The van der Waals surface area contributed by atoms with Gasteiger partial charge in [-0.1, -0.05) is 26.1 Å². The van der Waals surface area contributed by atoms with E-state index in [2.05, 4.69) is 17.9 Å². The van der Waals surface area contributed by atoms with E-state index in [1.165, 1.54) is 13.2 Å². The zero-order valence-corrected chi connectivity index (χ0v) is 22.3. The molecule has 9 heteroatoms. The molecule has 2 aromatic carbocycles. The van der Waals surface area contributed by atoms with E-state index in [4.69, 9.17) is 18.9 Å². The van der Waals surface area contributed by atoms with Crippen LogP contribution >= 0.6 is 0 Å². The van der Waals surface area contributed by atoms with Gasteiger partial charge in [0.05, 0.1) is 26.7 Å². The van der Waals surface area contributed by atoms with Crippen LogP contribution in [0, 0.1) is 0 Å². The summed E-state index contributed by atoms with van der Waals surface area (Å²) in [5, 5.41) is 0. The van der Waals surface area contributed by atoms with E-state index in [9.17, 15) is 19.2 Å². The number of benzene rings is 2. The van der Waals surface area contributed by atoms with Gasteiger partial charge in [0.1, 0.15) is 17.2 Å². The van der Waals surface area contributed by atoms with Gasteiger partial charge in [0.25, 0.3) is 0 Å². The third kappa shape index (κ3) is 10.7. The molecule has 0 spiro atoms. The molecule has 9 nitrogen and oxygen atoms in total. The van der Waals surface area contributed by atoms with Crippen LogP contribution in [0.2, 0.25) is 0 Å². The number of carbonyl (C=O) groups excluding carboxylic acids is 4. The molecule has 0 atom stereocenters. The fourth-order valence-corrected chi connectivity index (χ4v) is 3.05. The normalized spacial score (nSPS) is 10.4. The van der Waals surface area contributed by atoms with Crippen molar-refractivity contribution in [3.8, 4) is 17.2 Å². The van der Waals surface area contributed by atoms with Gasteiger partial charge in [-0.25, -0.2) is 14.4 Å². The number of aryl methyl sites for hydroxylation is 1. The third-order valence-corrected chi connectivity index (χ3v) is 5.16. The molecule has 0 fully saturated rings. The maximum absolute atomic E-state index is 12.3. The van der Waals surface area contributed by atoms with Crippen LogP contribution in [0.1, 0.15) is 37.8 Å². The molecule has 206 valence electrons. The quantitative estimate of drug-likeness (QED) is 0.146.